The van der Waals surface area contributed by atoms with E-state index in [9.17, 15) is 9.18 Å². The lowest BCUT2D eigenvalue weighted by Crippen LogP contribution is -2.37. The predicted octanol–water partition coefficient (Wildman–Crippen LogP) is 4.27. The van der Waals surface area contributed by atoms with Crippen molar-refractivity contribution in [1.82, 2.24) is 4.90 Å². The van der Waals surface area contributed by atoms with Crippen molar-refractivity contribution in [2.45, 2.75) is 32.2 Å². The van der Waals surface area contributed by atoms with E-state index < -0.39 is 0 Å². The zero-order valence-corrected chi connectivity index (χ0v) is 13.7. The molecule has 0 aromatic heterocycles. The topological polar surface area (TPSA) is 55.6 Å². The summed E-state index contributed by atoms with van der Waals surface area (Å²) >= 11 is 0. The third kappa shape index (κ3) is 3.50. The van der Waals surface area contributed by atoms with E-state index in [0.29, 0.717) is 17.2 Å². The lowest BCUT2D eigenvalue weighted by Gasteiger charge is -2.36. The minimum Gasteiger partial charge on any atom is -0.457 e. The molecule has 2 N–H and O–H groups in total. The number of nitrogens with zero attached hydrogens (tertiary/aromatic N) is 1. The molecule has 5 heteroatoms. The normalized spacial score (nSPS) is 17.6. The number of nitrogens with two attached hydrogens (primary N) is 1. The van der Waals surface area contributed by atoms with Gasteiger partial charge in [-0.05, 0) is 61.7 Å². The van der Waals surface area contributed by atoms with Gasteiger partial charge in [-0.25, -0.2) is 4.39 Å². The van der Waals surface area contributed by atoms with Gasteiger partial charge in [-0.1, -0.05) is 0 Å². The third-order valence-corrected chi connectivity index (χ3v) is 4.34. The van der Waals surface area contributed by atoms with Crippen LogP contribution in [-0.4, -0.2) is 17.4 Å². The van der Waals surface area contributed by atoms with E-state index in [2.05, 4.69) is 0 Å². The zero-order valence-electron chi connectivity index (χ0n) is 13.7. The largest absolute Gasteiger partial charge is 0.457 e. The number of benzene rings is 2. The molecule has 0 spiro atoms. The van der Waals surface area contributed by atoms with E-state index in [4.69, 9.17) is 10.5 Å². The van der Waals surface area contributed by atoms with Crippen molar-refractivity contribution < 1.29 is 13.9 Å². The smallest absolute Gasteiger partial charge is 0.219 e. The molecular formula is C19H21FN2O2. The van der Waals surface area contributed by atoms with Gasteiger partial charge in [0.2, 0.25) is 5.91 Å². The van der Waals surface area contributed by atoms with Gasteiger partial charge in [0.1, 0.15) is 17.3 Å². The second-order valence-electron chi connectivity index (χ2n) is 6.08. The van der Waals surface area contributed by atoms with E-state index in [1.807, 2.05) is 11.0 Å². The van der Waals surface area contributed by atoms with Gasteiger partial charge < -0.3 is 15.4 Å². The van der Waals surface area contributed by atoms with E-state index in [0.717, 1.165) is 31.4 Å². The van der Waals surface area contributed by atoms with E-state index in [1.54, 1.807) is 31.2 Å². The van der Waals surface area contributed by atoms with Crippen LogP contribution in [-0.2, 0) is 4.79 Å². The lowest BCUT2D eigenvalue weighted by atomic mass is 9.94. The summed E-state index contributed by atoms with van der Waals surface area (Å²) in [7, 11) is 0. The Balaban J connectivity index is 1.95. The average molecular weight is 328 g/mol. The monoisotopic (exact) mass is 328 g/mol. The zero-order chi connectivity index (χ0) is 17.1. The maximum absolute atomic E-state index is 13.1. The van der Waals surface area contributed by atoms with Crippen LogP contribution in [0.5, 0.6) is 11.5 Å². The summed E-state index contributed by atoms with van der Waals surface area (Å²) in [5.74, 6) is 0.936. The molecule has 1 unspecified atom stereocenters. The van der Waals surface area contributed by atoms with Crippen LogP contribution >= 0.6 is 0 Å². The Morgan fingerprint density at radius 1 is 1.21 bits per heavy atom. The van der Waals surface area contributed by atoms with Gasteiger partial charge >= 0.3 is 0 Å². The fourth-order valence-corrected chi connectivity index (χ4v) is 3.18. The molecule has 0 bridgehead atoms. The van der Waals surface area contributed by atoms with Crippen molar-refractivity contribution in [1.29, 1.82) is 0 Å². The number of hydrogen-bond acceptors (Lipinski definition) is 3. The number of amides is 1. The number of piperidine rings is 1. The Kier molecular flexibility index (Phi) is 4.69. The molecule has 4 nitrogen and oxygen atoms in total. The minimum atomic E-state index is -0.310. The van der Waals surface area contributed by atoms with Crippen LogP contribution in [0.2, 0.25) is 0 Å². The Morgan fingerprint density at radius 3 is 2.67 bits per heavy atom. The molecule has 1 atom stereocenters. The molecule has 0 radical (unpaired) electrons. The second-order valence-corrected chi connectivity index (χ2v) is 6.08. The van der Waals surface area contributed by atoms with Crippen molar-refractivity contribution in [3.05, 3.63) is 53.8 Å². The number of hydrogen-bond donors (Lipinski definition) is 1. The first-order chi connectivity index (χ1) is 11.5. The number of ether oxygens (including phenoxy) is 1. The number of halogens is 1. The average Bonchev–Trinajstić information content (AvgIpc) is 2.58. The molecule has 1 aliphatic rings. The summed E-state index contributed by atoms with van der Waals surface area (Å²) in [6, 6.07) is 11.3. The molecule has 1 heterocycles. The molecule has 0 saturated carbocycles. The molecule has 1 amide bonds. The van der Waals surface area contributed by atoms with E-state index in [1.165, 1.54) is 12.1 Å². The van der Waals surface area contributed by atoms with Crippen LogP contribution in [0.4, 0.5) is 10.1 Å². The Hall–Kier alpha value is -2.56. The molecule has 24 heavy (non-hydrogen) atoms. The predicted molar refractivity (Wildman–Crippen MR) is 91.3 cm³/mol. The van der Waals surface area contributed by atoms with Gasteiger partial charge in [0.25, 0.3) is 0 Å². The summed E-state index contributed by atoms with van der Waals surface area (Å²) in [5.41, 5.74) is 7.49. The Bertz CT molecular complexity index is 731. The van der Waals surface area contributed by atoms with Crippen molar-refractivity contribution in [3.8, 4) is 11.5 Å². The lowest BCUT2D eigenvalue weighted by molar-refractivity contribution is -0.132. The second kappa shape index (κ2) is 6.91. The third-order valence-electron chi connectivity index (χ3n) is 4.34. The van der Waals surface area contributed by atoms with Crippen LogP contribution < -0.4 is 10.5 Å². The summed E-state index contributed by atoms with van der Waals surface area (Å²) in [4.78, 5) is 13.9. The van der Waals surface area contributed by atoms with Gasteiger partial charge in [-0.15, -0.1) is 0 Å². The maximum Gasteiger partial charge on any atom is 0.219 e. The van der Waals surface area contributed by atoms with Crippen LogP contribution in [0.3, 0.4) is 0 Å². The first-order valence-electron chi connectivity index (χ1n) is 8.14. The SMILES string of the molecule is CC(=O)N1CCCCC1c1cc(N)ccc1Oc1ccc(F)cc1. The van der Waals surface area contributed by atoms with E-state index in [-0.39, 0.29) is 17.8 Å². The van der Waals surface area contributed by atoms with Crippen LogP contribution in [0.1, 0.15) is 37.8 Å². The minimum absolute atomic E-state index is 0.0461. The highest BCUT2D eigenvalue weighted by Gasteiger charge is 2.28. The van der Waals surface area contributed by atoms with Crippen LogP contribution in [0.15, 0.2) is 42.5 Å². The van der Waals surface area contributed by atoms with Crippen LogP contribution in [0, 0.1) is 5.82 Å². The molecule has 1 saturated heterocycles. The molecule has 3 rings (SSSR count). The summed E-state index contributed by atoms with van der Waals surface area (Å²) in [5, 5.41) is 0. The highest BCUT2D eigenvalue weighted by atomic mass is 19.1. The number of likely N-dealkylation sites (tertiary alicyclic amines) is 1. The van der Waals surface area contributed by atoms with Gasteiger partial charge in [0.05, 0.1) is 6.04 Å². The number of anilines is 1. The first kappa shape index (κ1) is 16.3. The number of carbonyl (C=O) groups excluding carboxylic acids is 1. The Labute approximate surface area is 141 Å². The molecule has 126 valence electrons. The first-order valence-corrected chi connectivity index (χ1v) is 8.14. The maximum atomic E-state index is 13.1. The Morgan fingerprint density at radius 2 is 1.96 bits per heavy atom. The number of nitrogen functional groups attached to an aromatic ring is 1. The highest BCUT2D eigenvalue weighted by Crippen LogP contribution is 2.39. The fourth-order valence-electron chi connectivity index (χ4n) is 3.18. The van der Waals surface area contributed by atoms with Gasteiger partial charge in [0, 0.05) is 24.7 Å². The molecule has 2 aromatic rings. The molecule has 1 fully saturated rings. The van der Waals surface area contributed by atoms with Gasteiger partial charge in [0.15, 0.2) is 0 Å². The van der Waals surface area contributed by atoms with Crippen molar-refractivity contribution >= 4 is 11.6 Å². The van der Waals surface area contributed by atoms with Gasteiger partial charge in [-0.2, -0.15) is 0 Å². The standard InChI is InChI=1S/C19H21FN2O2/c1-13(23)22-11-3-2-4-18(22)17-12-15(21)7-10-19(17)24-16-8-5-14(20)6-9-16/h5-10,12,18H,2-4,11,21H2,1H3. The molecule has 0 aliphatic carbocycles. The summed E-state index contributed by atoms with van der Waals surface area (Å²) < 4.78 is 19.0. The summed E-state index contributed by atoms with van der Waals surface area (Å²) in [6.45, 7) is 2.33. The van der Waals surface area contributed by atoms with Crippen molar-refractivity contribution in [2.24, 2.45) is 0 Å². The van der Waals surface area contributed by atoms with Crippen LogP contribution in [0.25, 0.3) is 0 Å². The fraction of sp³-hybridized carbons (Fsp3) is 0.316. The van der Waals surface area contributed by atoms with E-state index >= 15 is 0 Å². The number of rotatable bonds is 3. The van der Waals surface area contributed by atoms with Gasteiger partial charge in [-0.3, -0.25) is 4.79 Å². The van der Waals surface area contributed by atoms with Crippen molar-refractivity contribution in [2.75, 3.05) is 12.3 Å². The quantitative estimate of drug-likeness (QED) is 0.856. The molecule has 1 aliphatic heterocycles. The highest BCUT2D eigenvalue weighted by molar-refractivity contribution is 5.74. The molecule has 2 aromatic carbocycles. The van der Waals surface area contributed by atoms with Crippen molar-refractivity contribution in [3.63, 3.8) is 0 Å². The summed E-state index contributed by atoms with van der Waals surface area (Å²) in [6.07, 6.45) is 2.94. The number of carbonyl (C=O) groups is 1. The molecular weight excluding hydrogens is 307 g/mol.